The second kappa shape index (κ2) is 8.05. The van der Waals surface area contributed by atoms with Gasteiger partial charge < -0.3 is 0 Å². The van der Waals surface area contributed by atoms with Gasteiger partial charge >= 0.3 is 199 Å². The van der Waals surface area contributed by atoms with E-state index in [-0.39, 0.29) is 0 Å². The third-order valence-corrected chi connectivity index (χ3v) is 16.2. The average Bonchev–Trinajstić information content (AvgIpc) is 3.38. The summed E-state index contributed by atoms with van der Waals surface area (Å²) >= 11 is 5.94. The van der Waals surface area contributed by atoms with E-state index >= 15 is 0 Å². The Bertz CT molecular complexity index is 1310. The molecule has 4 heteroatoms. The van der Waals surface area contributed by atoms with Gasteiger partial charge in [-0.2, -0.15) is 0 Å². The van der Waals surface area contributed by atoms with Gasteiger partial charge in [0.2, 0.25) is 0 Å². The van der Waals surface area contributed by atoms with Gasteiger partial charge in [0.1, 0.15) is 0 Å². The van der Waals surface area contributed by atoms with Crippen molar-refractivity contribution in [1.82, 2.24) is 0 Å². The monoisotopic (exact) mass is 478 g/mol. The first kappa shape index (κ1) is 21.2. The molecule has 0 amide bonds. The molecule has 5 rings (SSSR count). The Labute approximate surface area is 198 Å². The van der Waals surface area contributed by atoms with Crippen molar-refractivity contribution in [1.29, 1.82) is 0 Å². The molecule has 2 aromatic carbocycles. The molecule has 0 aliphatic carbocycles. The van der Waals surface area contributed by atoms with Gasteiger partial charge in [-0.3, -0.25) is 0 Å². The van der Waals surface area contributed by atoms with Crippen LogP contribution in [0.3, 0.4) is 0 Å². The molecule has 0 bridgehead atoms. The second-order valence-electron chi connectivity index (χ2n) is 8.20. The molecule has 0 nitrogen and oxygen atoms in total. The fourth-order valence-corrected chi connectivity index (χ4v) is 15.0. The van der Waals surface area contributed by atoms with Gasteiger partial charge in [-0.25, -0.2) is 0 Å². The summed E-state index contributed by atoms with van der Waals surface area (Å²) in [5, 5.41) is 4.63. The molecule has 0 radical (unpaired) electrons. The molecular weight excluding hydrogens is 451 g/mol. The van der Waals surface area contributed by atoms with E-state index in [2.05, 4.69) is 112 Å². The Kier molecular flexibility index (Phi) is 5.51. The number of thiophene rings is 2. The number of hydrogen-bond acceptors (Lipinski definition) is 3. The van der Waals surface area contributed by atoms with Gasteiger partial charge in [0.05, 0.1) is 0 Å². The minimum absolute atomic E-state index is 1.39. The molecule has 0 fully saturated rings. The number of rotatable bonds is 4. The van der Waals surface area contributed by atoms with Crippen molar-refractivity contribution < 1.29 is 0 Å². The zero-order valence-electron chi connectivity index (χ0n) is 18.6. The fourth-order valence-electron chi connectivity index (χ4n) is 5.12. The Hall–Kier alpha value is -1.64. The predicted molar refractivity (Wildman–Crippen MR) is 147 cm³/mol. The maximum absolute atomic E-state index is 2.44. The summed E-state index contributed by atoms with van der Waals surface area (Å²) < 4.78 is 0. The second-order valence-corrected chi connectivity index (χ2v) is 17.6. The van der Waals surface area contributed by atoms with Crippen LogP contribution in [0.5, 0.6) is 0 Å². The minimum atomic E-state index is -2.24. The summed E-state index contributed by atoms with van der Waals surface area (Å²) in [6, 6.07) is 25.4. The van der Waals surface area contributed by atoms with E-state index in [1.165, 1.54) is 47.1 Å². The summed E-state index contributed by atoms with van der Waals surface area (Å²) in [7, 11) is 0. The zero-order chi connectivity index (χ0) is 21.8. The summed E-state index contributed by atoms with van der Waals surface area (Å²) in [6.45, 7) is 6.83. The Morgan fingerprint density at radius 3 is 1.84 bits per heavy atom. The number of fused-ring (bicyclic) bond motifs is 1. The molecule has 0 unspecified atom stereocenters. The first-order chi connectivity index (χ1) is 15.0. The van der Waals surface area contributed by atoms with Gasteiger partial charge in [0, 0.05) is 0 Å². The van der Waals surface area contributed by atoms with Crippen LogP contribution in [0.15, 0.2) is 66.7 Å². The third-order valence-electron chi connectivity index (χ3n) is 6.28. The molecule has 2 aromatic heterocycles. The molecular formula is C27H27PS3. The van der Waals surface area contributed by atoms with Crippen LogP contribution in [-0.2, 0) is 0 Å². The van der Waals surface area contributed by atoms with Gasteiger partial charge in [-0.05, 0) is 0 Å². The van der Waals surface area contributed by atoms with Crippen LogP contribution in [0.4, 0.5) is 0 Å². The van der Waals surface area contributed by atoms with Crippen molar-refractivity contribution in [2.24, 2.45) is 0 Å². The van der Waals surface area contributed by atoms with Crippen molar-refractivity contribution in [2.75, 3.05) is 6.26 Å². The third kappa shape index (κ3) is 3.21. The standard InChI is InChI=1S/C27H27PS3/c1-17-15-23(19(3)30-17)26-22-13-9-10-14-25(22)28(29-5,21-11-7-6-8-12-21)27(26)24-16-18(2)31-20(24)4/h6-16,28H,1-5H3. The first-order valence-corrected chi connectivity index (χ1v) is 16.2. The Morgan fingerprint density at radius 2 is 1.26 bits per heavy atom. The van der Waals surface area contributed by atoms with E-state index in [1.807, 2.05) is 22.7 Å². The number of hydrogen-bond donors (Lipinski definition) is 0. The van der Waals surface area contributed by atoms with E-state index in [4.69, 9.17) is 0 Å². The molecule has 1 aliphatic heterocycles. The van der Waals surface area contributed by atoms with Gasteiger partial charge in [-0.15, -0.1) is 0 Å². The van der Waals surface area contributed by atoms with Crippen molar-refractivity contribution in [2.45, 2.75) is 27.7 Å². The van der Waals surface area contributed by atoms with Gasteiger partial charge in [-0.1, -0.05) is 0 Å². The van der Waals surface area contributed by atoms with E-state index in [9.17, 15) is 0 Å². The molecule has 1 aliphatic rings. The molecule has 0 saturated carbocycles. The predicted octanol–water partition coefficient (Wildman–Crippen LogP) is 7.95. The van der Waals surface area contributed by atoms with Crippen LogP contribution in [0, 0.1) is 27.7 Å². The van der Waals surface area contributed by atoms with Crippen molar-refractivity contribution in [3.05, 3.63) is 103 Å². The van der Waals surface area contributed by atoms with Gasteiger partial charge in [0.15, 0.2) is 0 Å². The summed E-state index contributed by atoms with van der Waals surface area (Å²) in [6.07, 6.45) is 2.33. The maximum atomic E-state index is 2.44. The molecule has 0 atom stereocenters. The van der Waals surface area contributed by atoms with Crippen LogP contribution >= 0.6 is 40.5 Å². The topological polar surface area (TPSA) is 0 Å². The normalized spacial score (nSPS) is 15.9. The van der Waals surface area contributed by atoms with Crippen LogP contribution in [0.1, 0.15) is 36.2 Å². The molecule has 0 N–H and O–H groups in total. The molecule has 4 aromatic rings. The molecule has 158 valence electrons. The van der Waals surface area contributed by atoms with E-state index in [0.29, 0.717) is 0 Å². The average molecular weight is 479 g/mol. The fraction of sp³-hybridized carbons (Fsp3) is 0.185. The van der Waals surface area contributed by atoms with E-state index in [1.54, 1.807) is 10.6 Å². The van der Waals surface area contributed by atoms with Crippen molar-refractivity contribution in [3.63, 3.8) is 0 Å². The number of aryl methyl sites for hydroxylation is 4. The van der Waals surface area contributed by atoms with E-state index < -0.39 is 6.46 Å². The summed E-state index contributed by atoms with van der Waals surface area (Å²) in [5.74, 6) is 0. The summed E-state index contributed by atoms with van der Waals surface area (Å²) in [5.41, 5.74) is 5.80. The molecule has 3 heterocycles. The van der Waals surface area contributed by atoms with Crippen molar-refractivity contribution >= 4 is 62.0 Å². The molecule has 31 heavy (non-hydrogen) atoms. The van der Waals surface area contributed by atoms with Crippen LogP contribution in [-0.4, -0.2) is 6.26 Å². The Morgan fingerprint density at radius 1 is 0.677 bits per heavy atom. The van der Waals surface area contributed by atoms with Crippen LogP contribution < -0.4 is 10.6 Å². The SMILES string of the molecule is CS[PH]1(c2ccccc2)C(c2cc(C)sc2C)=C(c2cc(C)sc2C)c2ccccc21. The van der Waals surface area contributed by atoms with Crippen LogP contribution in [0.25, 0.3) is 10.9 Å². The van der Waals surface area contributed by atoms with Crippen molar-refractivity contribution in [3.8, 4) is 0 Å². The van der Waals surface area contributed by atoms with Crippen LogP contribution in [0.2, 0.25) is 0 Å². The molecule has 0 spiro atoms. The Balaban J connectivity index is 1.98. The van der Waals surface area contributed by atoms with Gasteiger partial charge in [0.25, 0.3) is 0 Å². The quantitative estimate of drug-likeness (QED) is 0.268. The first-order valence-electron chi connectivity index (χ1n) is 10.6. The molecule has 0 saturated heterocycles. The zero-order valence-corrected chi connectivity index (χ0v) is 22.0. The summed E-state index contributed by atoms with van der Waals surface area (Å²) in [4.78, 5) is 5.64. The number of benzene rings is 2. The van der Waals surface area contributed by atoms with E-state index in [0.717, 1.165) is 0 Å².